The van der Waals surface area contributed by atoms with Crippen molar-refractivity contribution in [1.82, 2.24) is 19.9 Å². The number of hydrogen-bond acceptors (Lipinski definition) is 8. The van der Waals surface area contributed by atoms with Crippen molar-refractivity contribution >= 4 is 11.4 Å². The van der Waals surface area contributed by atoms with Crippen LogP contribution >= 0.6 is 0 Å². The highest BCUT2D eigenvalue weighted by Crippen LogP contribution is 2.21. The van der Waals surface area contributed by atoms with E-state index in [2.05, 4.69) is 10.2 Å². The van der Waals surface area contributed by atoms with Gasteiger partial charge in [-0.15, -0.1) is 10.2 Å². The minimum atomic E-state index is -1.06. The lowest BCUT2D eigenvalue weighted by Crippen LogP contribution is -2.21. The predicted octanol–water partition coefficient (Wildman–Crippen LogP) is -1.73. The number of rotatable bonds is 2. The van der Waals surface area contributed by atoms with Crippen molar-refractivity contribution < 1.29 is 10.2 Å². The molecule has 0 atom stereocenters. The summed E-state index contributed by atoms with van der Waals surface area (Å²) in [6, 6.07) is 0. The molecule has 0 unspecified atom stereocenters. The van der Waals surface area contributed by atoms with E-state index in [-0.39, 0.29) is 0 Å². The molecule has 12 heteroatoms. The van der Waals surface area contributed by atoms with Crippen LogP contribution in [-0.4, -0.2) is 30.1 Å². The average Bonchev–Trinajstić information content (AvgIpc) is 2.30. The summed E-state index contributed by atoms with van der Waals surface area (Å²) < 4.78 is 0. The van der Waals surface area contributed by atoms with Crippen molar-refractivity contribution in [3.8, 4) is 11.8 Å². The third-order valence-electron chi connectivity index (χ3n) is 2.05. The van der Waals surface area contributed by atoms with Gasteiger partial charge < -0.3 is 10.2 Å². The van der Waals surface area contributed by atoms with Crippen LogP contribution in [0, 0.1) is 0 Å². The number of aromatic nitrogens is 4. The zero-order chi connectivity index (χ0) is 14.9. The van der Waals surface area contributed by atoms with Gasteiger partial charge in [-0.05, 0) is 0 Å². The molecule has 2 aromatic rings. The van der Waals surface area contributed by atoms with Gasteiger partial charge in [0, 0.05) is 0 Å². The molecule has 2 heterocycles. The zero-order valence-electron chi connectivity index (χ0n) is 9.42. The first-order valence-corrected chi connectivity index (χ1v) is 4.91. The number of azo groups is 1. The highest BCUT2D eigenvalue weighted by molar-refractivity contribution is 5.46. The maximum Gasteiger partial charge on any atom is 0.328 e. The van der Waals surface area contributed by atoms with Gasteiger partial charge in [-0.25, -0.2) is 9.59 Å². The van der Waals surface area contributed by atoms with Crippen LogP contribution in [0.25, 0.3) is 0 Å². The summed E-state index contributed by atoms with van der Waals surface area (Å²) in [6.45, 7) is 0. The first-order valence-electron chi connectivity index (χ1n) is 4.91. The Morgan fingerprint density at radius 1 is 0.650 bits per heavy atom. The molecule has 0 spiro atoms. The number of nitrogens with zero attached hydrogens (tertiary/aromatic N) is 2. The number of aromatic hydroxyl groups is 2. The normalized spacial score (nSPS) is 11.0. The first-order chi connectivity index (χ1) is 9.38. The van der Waals surface area contributed by atoms with Crippen LogP contribution in [0.2, 0.25) is 0 Å². The summed E-state index contributed by atoms with van der Waals surface area (Å²) in [4.78, 5) is 51.4. The van der Waals surface area contributed by atoms with Crippen LogP contribution in [-0.2, 0) is 0 Å². The Morgan fingerprint density at radius 2 is 1.00 bits per heavy atom. The smallest absolute Gasteiger partial charge is 0.328 e. The predicted molar refractivity (Wildman–Crippen MR) is 62.9 cm³/mol. The minimum Gasteiger partial charge on any atom is -0.493 e. The Hall–Kier alpha value is -3.44. The summed E-state index contributed by atoms with van der Waals surface area (Å²) >= 11 is 0. The lowest BCUT2D eigenvalue weighted by atomic mass is 10.5. The van der Waals surface area contributed by atoms with E-state index in [1.54, 1.807) is 9.97 Å². The SMILES string of the molecule is O=c1[nH]c(O)c(N=Nc2c(O)[nH]c(=O)[nH]c2=O)c(=O)[nH]1. The monoisotopic (exact) mass is 282 g/mol. The summed E-state index contributed by atoms with van der Waals surface area (Å²) in [5, 5.41) is 25.0. The van der Waals surface area contributed by atoms with Gasteiger partial charge >= 0.3 is 11.4 Å². The molecule has 0 aliphatic carbocycles. The number of nitrogens with one attached hydrogen (secondary N) is 4. The van der Waals surface area contributed by atoms with Gasteiger partial charge in [0.25, 0.3) is 11.1 Å². The molecule has 104 valence electrons. The van der Waals surface area contributed by atoms with E-state index < -0.39 is 45.6 Å². The molecule has 0 radical (unpaired) electrons. The summed E-state index contributed by atoms with van der Waals surface area (Å²) in [5.74, 6) is -1.74. The van der Waals surface area contributed by atoms with E-state index in [1.807, 2.05) is 9.97 Å². The fourth-order valence-electron chi connectivity index (χ4n) is 1.22. The van der Waals surface area contributed by atoms with E-state index in [4.69, 9.17) is 0 Å². The Labute approximate surface area is 106 Å². The maximum atomic E-state index is 11.3. The standard InChI is InChI=1S/C8H6N6O6/c15-3-1(4(16)10-7(19)9-3)13-14-2-5(17)11-8(20)12-6(2)18/h(H3,9,10,15,16,19)(H3,11,12,17,18,20). The minimum absolute atomic E-state index is 0.686. The summed E-state index contributed by atoms with van der Waals surface area (Å²) in [5.41, 5.74) is -5.41. The molecule has 0 saturated heterocycles. The van der Waals surface area contributed by atoms with Crippen LogP contribution in [0.1, 0.15) is 0 Å². The average molecular weight is 282 g/mol. The molecule has 0 saturated carbocycles. The second kappa shape index (κ2) is 4.68. The van der Waals surface area contributed by atoms with Crippen molar-refractivity contribution in [1.29, 1.82) is 0 Å². The second-order valence-corrected chi connectivity index (χ2v) is 3.41. The lowest BCUT2D eigenvalue weighted by Gasteiger charge is -1.96. The number of H-pyrrole nitrogens is 4. The Kier molecular flexibility index (Phi) is 3.04. The van der Waals surface area contributed by atoms with Crippen LogP contribution in [0.5, 0.6) is 11.8 Å². The van der Waals surface area contributed by atoms with Gasteiger partial charge in [0.15, 0.2) is 0 Å². The molecule has 0 aliphatic heterocycles. The van der Waals surface area contributed by atoms with Gasteiger partial charge in [0.2, 0.25) is 23.1 Å². The van der Waals surface area contributed by atoms with Gasteiger partial charge in [-0.1, -0.05) is 0 Å². The Balaban J connectivity index is 2.56. The van der Waals surface area contributed by atoms with Crippen LogP contribution in [0.4, 0.5) is 11.4 Å². The molecule has 12 nitrogen and oxygen atoms in total. The topological polar surface area (TPSA) is 197 Å². The highest BCUT2D eigenvalue weighted by atomic mass is 16.3. The second-order valence-electron chi connectivity index (χ2n) is 3.41. The van der Waals surface area contributed by atoms with Crippen molar-refractivity contribution in [2.24, 2.45) is 10.2 Å². The Bertz CT molecular complexity index is 839. The summed E-state index contributed by atoms with van der Waals surface area (Å²) in [7, 11) is 0. The highest BCUT2D eigenvalue weighted by Gasteiger charge is 2.10. The van der Waals surface area contributed by atoms with Gasteiger partial charge in [-0.3, -0.25) is 29.5 Å². The van der Waals surface area contributed by atoms with Crippen molar-refractivity contribution in [2.45, 2.75) is 0 Å². The van der Waals surface area contributed by atoms with E-state index >= 15 is 0 Å². The molecule has 20 heavy (non-hydrogen) atoms. The third-order valence-corrected chi connectivity index (χ3v) is 2.05. The number of hydrogen-bond donors (Lipinski definition) is 6. The molecule has 2 rings (SSSR count). The fraction of sp³-hybridized carbons (Fsp3) is 0. The zero-order valence-corrected chi connectivity index (χ0v) is 9.42. The molecule has 0 aromatic carbocycles. The van der Waals surface area contributed by atoms with E-state index in [0.29, 0.717) is 0 Å². The molecular weight excluding hydrogens is 276 g/mol. The molecule has 0 fully saturated rings. The van der Waals surface area contributed by atoms with E-state index in [0.717, 1.165) is 0 Å². The largest absolute Gasteiger partial charge is 0.493 e. The molecule has 0 bridgehead atoms. The van der Waals surface area contributed by atoms with Crippen LogP contribution < -0.4 is 22.5 Å². The Morgan fingerprint density at radius 3 is 1.30 bits per heavy atom. The first kappa shape index (κ1) is 13.0. The van der Waals surface area contributed by atoms with Crippen molar-refractivity contribution in [3.63, 3.8) is 0 Å². The van der Waals surface area contributed by atoms with Gasteiger partial charge in [0.05, 0.1) is 0 Å². The van der Waals surface area contributed by atoms with Crippen LogP contribution in [0.3, 0.4) is 0 Å². The van der Waals surface area contributed by atoms with E-state index in [1.165, 1.54) is 0 Å². The lowest BCUT2D eigenvalue weighted by molar-refractivity contribution is 0.447. The van der Waals surface area contributed by atoms with Gasteiger partial charge in [0.1, 0.15) is 0 Å². The molecule has 0 amide bonds. The molecule has 6 N–H and O–H groups in total. The third kappa shape index (κ3) is 2.38. The summed E-state index contributed by atoms with van der Waals surface area (Å²) in [6.07, 6.45) is 0. The number of aromatic amines is 4. The molecule has 0 aliphatic rings. The van der Waals surface area contributed by atoms with E-state index in [9.17, 15) is 29.4 Å². The molecular formula is C8H6N6O6. The quantitative estimate of drug-likeness (QED) is 0.353. The fourth-order valence-corrected chi connectivity index (χ4v) is 1.22. The molecule has 2 aromatic heterocycles. The van der Waals surface area contributed by atoms with Crippen molar-refractivity contribution in [2.75, 3.05) is 0 Å². The van der Waals surface area contributed by atoms with Crippen LogP contribution in [0.15, 0.2) is 29.4 Å². The van der Waals surface area contributed by atoms with Crippen molar-refractivity contribution in [3.05, 3.63) is 41.7 Å². The maximum absolute atomic E-state index is 11.3. The van der Waals surface area contributed by atoms with Gasteiger partial charge in [-0.2, -0.15) is 0 Å².